The van der Waals surface area contributed by atoms with Crippen LogP contribution in [0, 0.1) is 0 Å². The number of rotatable bonds is 7. The first-order valence-corrected chi connectivity index (χ1v) is 11.3. The van der Waals surface area contributed by atoms with Crippen LogP contribution in [-0.4, -0.2) is 38.9 Å². The standard InChI is InChI=1S/C27H24N2O7/c1-32-20-7-4-18(5-8-20)26(27(31)28-19-6-10-21-24(15-19)34-13-12-33-21)29-25(30)11-3-17-2-9-22-23(14-17)36-16-35-22/h2-11,14-15,26H,12-13,16H2,1H3,(H,28,31)(H,29,30)/b11-3-/t26-/m1/s1. The Bertz CT molecular complexity index is 1300. The van der Waals surface area contributed by atoms with E-state index in [4.69, 9.17) is 23.7 Å². The molecule has 2 amide bonds. The Labute approximate surface area is 207 Å². The molecule has 9 heteroatoms. The molecule has 3 aromatic rings. The third kappa shape index (κ3) is 5.20. The molecule has 0 bridgehead atoms. The van der Waals surface area contributed by atoms with E-state index in [1.165, 1.54) is 6.08 Å². The molecule has 2 aliphatic rings. The van der Waals surface area contributed by atoms with Crippen molar-refractivity contribution in [3.8, 4) is 28.7 Å². The van der Waals surface area contributed by atoms with Crippen LogP contribution < -0.4 is 34.3 Å². The minimum Gasteiger partial charge on any atom is -0.497 e. The second-order valence-corrected chi connectivity index (χ2v) is 8.01. The molecule has 5 rings (SSSR count). The lowest BCUT2D eigenvalue weighted by Gasteiger charge is -2.21. The van der Waals surface area contributed by atoms with Crippen LogP contribution in [0.1, 0.15) is 17.2 Å². The summed E-state index contributed by atoms with van der Waals surface area (Å²) in [5.41, 5.74) is 1.87. The van der Waals surface area contributed by atoms with Gasteiger partial charge < -0.3 is 34.3 Å². The fraction of sp³-hybridized carbons (Fsp3) is 0.185. The summed E-state index contributed by atoms with van der Waals surface area (Å²) < 4.78 is 27.0. The Morgan fingerprint density at radius 1 is 0.861 bits per heavy atom. The van der Waals surface area contributed by atoms with Crippen LogP contribution >= 0.6 is 0 Å². The largest absolute Gasteiger partial charge is 0.497 e. The summed E-state index contributed by atoms with van der Waals surface area (Å²) in [6.07, 6.45) is 3.01. The molecule has 0 unspecified atom stereocenters. The Hall–Kier alpha value is -4.66. The maximum atomic E-state index is 13.3. The second kappa shape index (κ2) is 10.3. The monoisotopic (exact) mass is 488 g/mol. The van der Waals surface area contributed by atoms with Crippen molar-refractivity contribution in [2.24, 2.45) is 0 Å². The lowest BCUT2D eigenvalue weighted by Crippen LogP contribution is -2.36. The minimum absolute atomic E-state index is 0.172. The average Bonchev–Trinajstić information content (AvgIpc) is 3.38. The number of anilines is 1. The molecule has 0 fully saturated rings. The van der Waals surface area contributed by atoms with E-state index in [-0.39, 0.29) is 6.79 Å². The van der Waals surface area contributed by atoms with Crippen LogP contribution in [0.25, 0.3) is 6.08 Å². The Morgan fingerprint density at radius 2 is 1.56 bits per heavy atom. The summed E-state index contributed by atoms with van der Waals surface area (Å²) in [5, 5.41) is 5.64. The molecule has 0 radical (unpaired) electrons. The highest BCUT2D eigenvalue weighted by molar-refractivity contribution is 6.00. The van der Waals surface area contributed by atoms with E-state index in [1.54, 1.807) is 67.8 Å². The van der Waals surface area contributed by atoms with Gasteiger partial charge in [0.05, 0.1) is 7.11 Å². The lowest BCUT2D eigenvalue weighted by molar-refractivity contribution is -0.123. The zero-order chi connectivity index (χ0) is 24.9. The maximum absolute atomic E-state index is 13.3. The quantitative estimate of drug-likeness (QED) is 0.489. The van der Waals surface area contributed by atoms with Crippen LogP contribution in [0.5, 0.6) is 28.7 Å². The van der Waals surface area contributed by atoms with Crippen LogP contribution in [0.15, 0.2) is 66.7 Å². The van der Waals surface area contributed by atoms with Gasteiger partial charge >= 0.3 is 0 Å². The number of amides is 2. The van der Waals surface area contributed by atoms with Gasteiger partial charge in [-0.25, -0.2) is 0 Å². The summed E-state index contributed by atoms with van der Waals surface area (Å²) in [7, 11) is 1.56. The molecule has 9 nitrogen and oxygen atoms in total. The van der Waals surface area contributed by atoms with E-state index < -0.39 is 17.9 Å². The van der Waals surface area contributed by atoms with Crippen LogP contribution in [-0.2, 0) is 9.59 Å². The van der Waals surface area contributed by atoms with Gasteiger partial charge in [0.2, 0.25) is 12.7 Å². The van der Waals surface area contributed by atoms with Crippen molar-refractivity contribution in [2.45, 2.75) is 6.04 Å². The molecule has 3 aromatic carbocycles. The summed E-state index contributed by atoms with van der Waals surface area (Å²) in [5.74, 6) is 2.23. The molecule has 2 heterocycles. The summed E-state index contributed by atoms with van der Waals surface area (Å²) >= 11 is 0. The van der Waals surface area contributed by atoms with Gasteiger partial charge in [-0.15, -0.1) is 0 Å². The van der Waals surface area contributed by atoms with E-state index in [0.717, 1.165) is 5.56 Å². The van der Waals surface area contributed by atoms with Gasteiger partial charge in [-0.05, 0) is 53.6 Å². The van der Waals surface area contributed by atoms with Crippen molar-refractivity contribution in [3.05, 3.63) is 77.9 Å². The molecular weight excluding hydrogens is 464 g/mol. The Kier molecular flexibility index (Phi) is 6.61. The van der Waals surface area contributed by atoms with E-state index in [0.29, 0.717) is 53.2 Å². The van der Waals surface area contributed by atoms with E-state index in [2.05, 4.69) is 10.6 Å². The highest BCUT2D eigenvalue weighted by Crippen LogP contribution is 2.34. The SMILES string of the molecule is COc1ccc([C@@H](NC(=O)/C=C\c2ccc3c(c2)OCO3)C(=O)Nc2ccc3c(c2)OCCO3)cc1. The number of carbonyl (C=O) groups is 2. The van der Waals surface area contributed by atoms with Crippen LogP contribution in [0.3, 0.4) is 0 Å². The average molecular weight is 488 g/mol. The second-order valence-electron chi connectivity index (χ2n) is 8.01. The molecule has 0 saturated carbocycles. The third-order valence-corrected chi connectivity index (χ3v) is 5.63. The first-order valence-electron chi connectivity index (χ1n) is 11.3. The molecule has 0 aliphatic carbocycles. The van der Waals surface area contributed by atoms with Crippen molar-refractivity contribution in [1.82, 2.24) is 5.32 Å². The number of nitrogens with one attached hydrogen (secondary N) is 2. The number of methoxy groups -OCH3 is 1. The molecule has 0 saturated heterocycles. The minimum atomic E-state index is -0.960. The van der Waals surface area contributed by atoms with E-state index >= 15 is 0 Å². The number of fused-ring (bicyclic) bond motifs is 2. The van der Waals surface area contributed by atoms with Crippen molar-refractivity contribution in [3.63, 3.8) is 0 Å². The first-order chi connectivity index (χ1) is 17.6. The molecule has 184 valence electrons. The Morgan fingerprint density at radius 3 is 2.36 bits per heavy atom. The van der Waals surface area contributed by atoms with Crippen molar-refractivity contribution < 1.29 is 33.3 Å². The normalized spacial score (nSPS) is 14.2. The number of hydrogen-bond acceptors (Lipinski definition) is 7. The maximum Gasteiger partial charge on any atom is 0.251 e. The number of carbonyl (C=O) groups excluding carboxylic acids is 2. The lowest BCUT2D eigenvalue weighted by atomic mass is 10.1. The van der Waals surface area contributed by atoms with Gasteiger partial charge in [0.15, 0.2) is 23.0 Å². The van der Waals surface area contributed by atoms with Gasteiger partial charge in [0, 0.05) is 17.8 Å². The fourth-order valence-corrected chi connectivity index (χ4v) is 3.81. The van der Waals surface area contributed by atoms with Crippen molar-refractivity contribution >= 4 is 23.6 Å². The predicted octanol–water partition coefficient (Wildman–Crippen LogP) is 3.70. The van der Waals surface area contributed by atoms with Crippen molar-refractivity contribution in [1.29, 1.82) is 0 Å². The first kappa shape index (κ1) is 23.1. The third-order valence-electron chi connectivity index (χ3n) is 5.63. The molecule has 0 spiro atoms. The van der Waals surface area contributed by atoms with Gasteiger partial charge in [-0.3, -0.25) is 9.59 Å². The number of hydrogen-bond donors (Lipinski definition) is 2. The molecule has 36 heavy (non-hydrogen) atoms. The Balaban J connectivity index is 1.33. The van der Waals surface area contributed by atoms with Crippen LogP contribution in [0.4, 0.5) is 5.69 Å². The van der Waals surface area contributed by atoms with Gasteiger partial charge in [-0.1, -0.05) is 18.2 Å². The summed E-state index contributed by atoms with van der Waals surface area (Å²) in [4.78, 5) is 26.1. The van der Waals surface area contributed by atoms with Gasteiger partial charge in [0.25, 0.3) is 5.91 Å². The molecule has 2 N–H and O–H groups in total. The summed E-state index contributed by atoms with van der Waals surface area (Å²) in [6.45, 7) is 1.08. The predicted molar refractivity (Wildman–Crippen MR) is 132 cm³/mol. The van der Waals surface area contributed by atoms with E-state index in [9.17, 15) is 9.59 Å². The smallest absolute Gasteiger partial charge is 0.251 e. The summed E-state index contributed by atoms with van der Waals surface area (Å²) in [6, 6.07) is 16.5. The zero-order valence-electron chi connectivity index (χ0n) is 19.5. The molecule has 0 aromatic heterocycles. The van der Waals surface area contributed by atoms with Gasteiger partial charge in [-0.2, -0.15) is 0 Å². The van der Waals surface area contributed by atoms with E-state index in [1.807, 2.05) is 6.07 Å². The zero-order valence-corrected chi connectivity index (χ0v) is 19.5. The van der Waals surface area contributed by atoms with Crippen molar-refractivity contribution in [2.75, 3.05) is 32.4 Å². The molecular formula is C27H24N2O7. The van der Waals surface area contributed by atoms with Gasteiger partial charge in [0.1, 0.15) is 25.0 Å². The topological polar surface area (TPSA) is 104 Å². The highest BCUT2D eigenvalue weighted by Gasteiger charge is 2.23. The van der Waals surface area contributed by atoms with Crippen LogP contribution in [0.2, 0.25) is 0 Å². The number of benzene rings is 3. The number of ether oxygens (including phenoxy) is 5. The molecule has 2 aliphatic heterocycles. The fourth-order valence-electron chi connectivity index (χ4n) is 3.81. The molecule has 1 atom stereocenters. The highest BCUT2D eigenvalue weighted by atomic mass is 16.7.